The largest absolute Gasteiger partial charge is 0.497 e. The maximum atomic E-state index is 6.93. The zero-order valence-electron chi connectivity index (χ0n) is 23.5. The van der Waals surface area contributed by atoms with Crippen LogP contribution in [0.25, 0.3) is 0 Å². The first-order valence-electron chi connectivity index (χ1n) is 13.9. The number of hydrogen-bond donors (Lipinski definition) is 0. The van der Waals surface area contributed by atoms with Crippen LogP contribution in [0.15, 0.2) is 48.5 Å². The molecular formula is C32H44O5. The molecule has 5 heteroatoms. The molecule has 2 bridgehead atoms. The van der Waals surface area contributed by atoms with Crippen molar-refractivity contribution in [3.05, 3.63) is 59.7 Å². The zero-order valence-corrected chi connectivity index (χ0v) is 23.5. The van der Waals surface area contributed by atoms with E-state index in [4.69, 9.17) is 23.7 Å². The van der Waals surface area contributed by atoms with Gasteiger partial charge in [-0.05, 0) is 76.8 Å². The van der Waals surface area contributed by atoms with Crippen LogP contribution >= 0.6 is 0 Å². The van der Waals surface area contributed by atoms with Crippen LogP contribution < -0.4 is 9.47 Å². The predicted molar refractivity (Wildman–Crippen MR) is 145 cm³/mol. The average molecular weight is 509 g/mol. The minimum absolute atomic E-state index is 0.208. The molecule has 2 saturated carbocycles. The molecule has 0 radical (unpaired) electrons. The van der Waals surface area contributed by atoms with Gasteiger partial charge in [-0.2, -0.15) is 0 Å². The number of methoxy groups -OCH3 is 2. The highest BCUT2D eigenvalue weighted by Gasteiger charge is 2.69. The first-order chi connectivity index (χ1) is 17.7. The topological polar surface area (TPSA) is 46.2 Å². The minimum atomic E-state index is -0.319. The van der Waals surface area contributed by atoms with Crippen molar-refractivity contribution in [2.24, 2.45) is 28.6 Å². The molecule has 1 heterocycles. The molecule has 5 nitrogen and oxygen atoms in total. The summed E-state index contributed by atoms with van der Waals surface area (Å²) in [5.74, 6) is 3.31. The fraction of sp³-hybridized carbons (Fsp3) is 0.625. The van der Waals surface area contributed by atoms with Crippen LogP contribution in [0.5, 0.6) is 11.5 Å². The van der Waals surface area contributed by atoms with E-state index in [1.54, 1.807) is 14.2 Å². The third kappa shape index (κ3) is 4.68. The van der Waals surface area contributed by atoms with Crippen LogP contribution in [0.1, 0.15) is 77.2 Å². The first-order valence-corrected chi connectivity index (χ1v) is 13.9. The quantitative estimate of drug-likeness (QED) is 0.335. The molecular weight excluding hydrogens is 464 g/mol. The molecule has 0 aromatic heterocycles. The van der Waals surface area contributed by atoms with Crippen molar-refractivity contribution in [1.29, 1.82) is 0 Å². The Morgan fingerprint density at radius 3 is 1.95 bits per heavy atom. The Bertz CT molecular complexity index is 1050. The summed E-state index contributed by atoms with van der Waals surface area (Å²) in [5, 5.41) is 0. The van der Waals surface area contributed by atoms with Crippen LogP contribution in [0, 0.1) is 28.6 Å². The molecule has 37 heavy (non-hydrogen) atoms. The van der Waals surface area contributed by atoms with E-state index in [0.29, 0.717) is 29.8 Å². The second-order valence-electron chi connectivity index (χ2n) is 12.4. The fourth-order valence-corrected chi connectivity index (χ4v) is 7.30. The van der Waals surface area contributed by atoms with Crippen molar-refractivity contribution in [3.63, 3.8) is 0 Å². The Balaban J connectivity index is 1.45. The summed E-state index contributed by atoms with van der Waals surface area (Å²) in [6.07, 6.45) is 2.90. The van der Waals surface area contributed by atoms with Crippen molar-refractivity contribution in [1.82, 2.24) is 0 Å². The van der Waals surface area contributed by atoms with E-state index in [9.17, 15) is 0 Å². The summed E-state index contributed by atoms with van der Waals surface area (Å²) in [6.45, 7) is 12.3. The summed E-state index contributed by atoms with van der Waals surface area (Å²) in [5.41, 5.74) is 2.64. The van der Waals surface area contributed by atoms with E-state index in [1.165, 1.54) is 12.8 Å². The van der Waals surface area contributed by atoms with Crippen molar-refractivity contribution in [2.75, 3.05) is 20.8 Å². The predicted octanol–water partition coefficient (Wildman–Crippen LogP) is 7.36. The van der Waals surface area contributed by atoms with Crippen LogP contribution in [-0.4, -0.2) is 33.2 Å². The molecule has 2 aromatic carbocycles. The van der Waals surface area contributed by atoms with Crippen LogP contribution in [0.4, 0.5) is 0 Å². The Morgan fingerprint density at radius 1 is 0.865 bits per heavy atom. The highest BCUT2D eigenvalue weighted by molar-refractivity contribution is 5.33. The molecule has 3 fully saturated rings. The van der Waals surface area contributed by atoms with Crippen LogP contribution in [0.3, 0.4) is 0 Å². The van der Waals surface area contributed by atoms with Crippen molar-refractivity contribution >= 4 is 0 Å². The maximum absolute atomic E-state index is 6.93. The van der Waals surface area contributed by atoms with E-state index >= 15 is 0 Å². The number of benzene rings is 2. The van der Waals surface area contributed by atoms with E-state index in [0.717, 1.165) is 29.0 Å². The Hall–Kier alpha value is -2.08. The molecule has 7 atom stereocenters. The summed E-state index contributed by atoms with van der Waals surface area (Å²) < 4.78 is 31.2. The normalized spacial score (nSPS) is 31.4. The van der Waals surface area contributed by atoms with Gasteiger partial charge in [-0.3, -0.25) is 0 Å². The monoisotopic (exact) mass is 508 g/mol. The van der Waals surface area contributed by atoms with Gasteiger partial charge in [0.15, 0.2) is 6.29 Å². The van der Waals surface area contributed by atoms with Gasteiger partial charge < -0.3 is 23.7 Å². The van der Waals surface area contributed by atoms with Gasteiger partial charge in [0.25, 0.3) is 0 Å². The van der Waals surface area contributed by atoms with Gasteiger partial charge in [0.1, 0.15) is 23.7 Å². The lowest BCUT2D eigenvalue weighted by atomic mass is 9.70. The Labute approximate surface area is 222 Å². The van der Waals surface area contributed by atoms with Gasteiger partial charge in [0.05, 0.1) is 20.3 Å². The van der Waals surface area contributed by atoms with Crippen molar-refractivity contribution < 1.29 is 23.7 Å². The fourth-order valence-electron chi connectivity index (χ4n) is 7.30. The van der Waals surface area contributed by atoms with Gasteiger partial charge in [-0.15, -0.1) is 0 Å². The molecule has 202 valence electrons. The smallest absolute Gasteiger partial charge is 0.159 e. The molecule has 3 aliphatic rings. The molecule has 0 spiro atoms. The molecule has 0 N–H and O–H groups in total. The molecule has 1 saturated heterocycles. The van der Waals surface area contributed by atoms with Crippen LogP contribution in [-0.2, 0) is 14.2 Å². The lowest BCUT2D eigenvalue weighted by Gasteiger charge is -2.39. The third-order valence-corrected chi connectivity index (χ3v) is 9.74. The highest BCUT2D eigenvalue weighted by Crippen LogP contribution is 2.71. The van der Waals surface area contributed by atoms with Crippen molar-refractivity contribution in [2.45, 2.75) is 78.5 Å². The maximum Gasteiger partial charge on any atom is 0.159 e. The van der Waals surface area contributed by atoms with Crippen LogP contribution in [0.2, 0.25) is 0 Å². The molecule has 0 amide bonds. The van der Waals surface area contributed by atoms with E-state index < -0.39 is 0 Å². The molecule has 5 rings (SSSR count). The van der Waals surface area contributed by atoms with Gasteiger partial charge in [-0.1, -0.05) is 58.9 Å². The third-order valence-electron chi connectivity index (χ3n) is 9.74. The summed E-state index contributed by atoms with van der Waals surface area (Å²) >= 11 is 0. The molecule has 2 aromatic rings. The van der Waals surface area contributed by atoms with Gasteiger partial charge in [-0.25, -0.2) is 0 Å². The van der Waals surface area contributed by atoms with E-state index in [1.807, 2.05) is 24.3 Å². The SMILES string of the molecule is COc1ccc([C@@H](O[C@H]2C[C@@H]3[C@H]4CC[C@@](C)([C@@H]3O2)C4(C)C)[C@@H](OCC(C)C)c2ccc(OC)cc2)cc1. The number of fused-ring (bicyclic) bond motifs is 5. The number of ether oxygens (including phenoxy) is 5. The lowest BCUT2D eigenvalue weighted by molar-refractivity contribution is -0.212. The van der Waals surface area contributed by atoms with E-state index in [-0.39, 0.29) is 30.0 Å². The van der Waals surface area contributed by atoms with E-state index in [2.05, 4.69) is 58.9 Å². The number of hydrogen-bond acceptors (Lipinski definition) is 5. The minimum Gasteiger partial charge on any atom is -0.497 e. The first kappa shape index (κ1) is 26.5. The molecule has 2 aliphatic carbocycles. The summed E-state index contributed by atoms with van der Waals surface area (Å²) in [7, 11) is 3.38. The second kappa shape index (κ2) is 10.2. The van der Waals surface area contributed by atoms with Gasteiger partial charge in [0, 0.05) is 13.0 Å². The highest BCUT2D eigenvalue weighted by atomic mass is 16.7. The summed E-state index contributed by atoms with van der Waals surface area (Å²) in [4.78, 5) is 0. The summed E-state index contributed by atoms with van der Waals surface area (Å²) in [6, 6.07) is 16.3. The zero-order chi connectivity index (χ0) is 26.4. The van der Waals surface area contributed by atoms with Crippen molar-refractivity contribution in [3.8, 4) is 11.5 Å². The Kier molecular flexibility index (Phi) is 7.34. The molecule has 0 unspecified atom stereocenters. The number of rotatable bonds is 10. The van der Waals surface area contributed by atoms with Gasteiger partial charge >= 0.3 is 0 Å². The molecule has 1 aliphatic heterocycles. The standard InChI is InChI=1S/C32H44O5/c1-20(2)19-35-28(21-8-12-23(33-6)13-9-21)29(22-10-14-24(34-7)15-11-22)36-27-18-25-26-16-17-32(5,30(25)37-27)31(26,3)4/h8-15,20,25-30H,16-19H2,1-7H3/t25-,26-,27-,28+,29-,30-,32+/m1/s1. The second-order valence-corrected chi connectivity index (χ2v) is 12.4. The average Bonchev–Trinajstić information content (AvgIpc) is 3.47. The Morgan fingerprint density at radius 2 is 1.43 bits per heavy atom. The van der Waals surface area contributed by atoms with Gasteiger partial charge in [0.2, 0.25) is 0 Å². The lowest BCUT2D eigenvalue weighted by Crippen LogP contribution is -2.38.